The molecule has 1 atom stereocenters. The van der Waals surface area contributed by atoms with E-state index in [1.165, 1.54) is 11.1 Å². The third-order valence-electron chi connectivity index (χ3n) is 5.51. The molecule has 27 heavy (non-hydrogen) atoms. The van der Waals surface area contributed by atoms with Gasteiger partial charge in [-0.3, -0.25) is 4.79 Å². The van der Waals surface area contributed by atoms with E-state index in [0.717, 1.165) is 38.0 Å². The standard InChI is InChI=1S/C22H24N2O3/c1-14-3-2-4-16(11-14)17-9-10-24(13-17)18-7-8-20(19(12-18)22(26)27)23-21(25)15-5-6-15/h2-4,7-8,11-12,15,17H,5-6,9-10,13H2,1H3,(H,23,25)(H,26,27). The molecule has 0 aromatic heterocycles. The normalized spacial score (nSPS) is 19.1. The quantitative estimate of drug-likeness (QED) is 0.840. The number of carboxylic acid groups (broad SMARTS) is 1. The highest BCUT2D eigenvalue weighted by Gasteiger charge is 2.31. The highest BCUT2D eigenvalue weighted by atomic mass is 16.4. The first-order valence-electron chi connectivity index (χ1n) is 9.51. The molecule has 1 heterocycles. The van der Waals surface area contributed by atoms with Crippen LogP contribution in [-0.4, -0.2) is 30.1 Å². The lowest BCUT2D eigenvalue weighted by molar-refractivity contribution is -0.117. The number of anilines is 2. The highest BCUT2D eigenvalue weighted by Crippen LogP contribution is 2.34. The van der Waals surface area contributed by atoms with Crippen LogP contribution in [0.5, 0.6) is 0 Å². The molecule has 1 unspecified atom stereocenters. The number of hydrogen-bond acceptors (Lipinski definition) is 3. The molecule has 5 heteroatoms. The van der Waals surface area contributed by atoms with Crippen molar-refractivity contribution in [1.29, 1.82) is 0 Å². The maximum absolute atomic E-state index is 12.0. The number of nitrogens with one attached hydrogen (secondary N) is 1. The Morgan fingerprint density at radius 2 is 1.93 bits per heavy atom. The largest absolute Gasteiger partial charge is 0.478 e. The van der Waals surface area contributed by atoms with Crippen molar-refractivity contribution in [2.45, 2.75) is 32.1 Å². The van der Waals surface area contributed by atoms with Crippen molar-refractivity contribution in [2.24, 2.45) is 5.92 Å². The van der Waals surface area contributed by atoms with Crippen molar-refractivity contribution in [3.8, 4) is 0 Å². The zero-order valence-corrected chi connectivity index (χ0v) is 15.4. The van der Waals surface area contributed by atoms with E-state index in [4.69, 9.17) is 0 Å². The summed E-state index contributed by atoms with van der Waals surface area (Å²) in [6, 6.07) is 13.9. The molecule has 2 aromatic rings. The number of benzene rings is 2. The molecular formula is C22H24N2O3. The second-order valence-corrected chi connectivity index (χ2v) is 7.64. The Morgan fingerprint density at radius 1 is 1.11 bits per heavy atom. The topological polar surface area (TPSA) is 69.6 Å². The van der Waals surface area contributed by atoms with Crippen molar-refractivity contribution < 1.29 is 14.7 Å². The Hall–Kier alpha value is -2.82. The second kappa shape index (κ2) is 7.06. The fraction of sp³-hybridized carbons (Fsp3) is 0.364. The molecule has 0 spiro atoms. The lowest BCUT2D eigenvalue weighted by Crippen LogP contribution is -2.21. The summed E-state index contributed by atoms with van der Waals surface area (Å²) in [7, 11) is 0. The minimum absolute atomic E-state index is 0.0417. The molecule has 1 amide bonds. The van der Waals surface area contributed by atoms with E-state index in [9.17, 15) is 14.7 Å². The smallest absolute Gasteiger partial charge is 0.337 e. The van der Waals surface area contributed by atoms with Crippen molar-refractivity contribution in [3.05, 3.63) is 59.2 Å². The van der Waals surface area contributed by atoms with E-state index < -0.39 is 5.97 Å². The zero-order valence-electron chi connectivity index (χ0n) is 15.4. The first kappa shape index (κ1) is 17.6. The predicted molar refractivity (Wildman–Crippen MR) is 106 cm³/mol. The van der Waals surface area contributed by atoms with Crippen LogP contribution in [-0.2, 0) is 4.79 Å². The summed E-state index contributed by atoms with van der Waals surface area (Å²) in [5.41, 5.74) is 4.03. The number of aryl methyl sites for hydroxylation is 1. The van der Waals surface area contributed by atoms with E-state index in [1.54, 1.807) is 12.1 Å². The van der Waals surface area contributed by atoms with Gasteiger partial charge in [-0.05, 0) is 49.9 Å². The fourth-order valence-corrected chi connectivity index (χ4v) is 3.79. The van der Waals surface area contributed by atoms with E-state index in [1.807, 2.05) is 6.07 Å². The summed E-state index contributed by atoms with van der Waals surface area (Å²) in [6.07, 6.45) is 2.83. The molecule has 140 valence electrons. The molecule has 2 N–H and O–H groups in total. The average molecular weight is 364 g/mol. The summed E-state index contributed by atoms with van der Waals surface area (Å²) in [4.78, 5) is 25.9. The number of hydrogen-bond donors (Lipinski definition) is 2. The number of aromatic carboxylic acids is 1. The van der Waals surface area contributed by atoms with Gasteiger partial charge in [0, 0.05) is 30.6 Å². The van der Waals surface area contributed by atoms with Crippen LogP contribution in [0.2, 0.25) is 0 Å². The van der Waals surface area contributed by atoms with Gasteiger partial charge >= 0.3 is 5.97 Å². The van der Waals surface area contributed by atoms with Gasteiger partial charge in [-0.15, -0.1) is 0 Å². The zero-order chi connectivity index (χ0) is 19.0. The maximum Gasteiger partial charge on any atom is 0.337 e. The lowest BCUT2D eigenvalue weighted by Gasteiger charge is -2.20. The predicted octanol–water partition coefficient (Wildman–Crippen LogP) is 4.04. The fourth-order valence-electron chi connectivity index (χ4n) is 3.79. The van der Waals surface area contributed by atoms with Crippen molar-refractivity contribution >= 4 is 23.3 Å². The van der Waals surface area contributed by atoms with Crippen LogP contribution in [0.25, 0.3) is 0 Å². The average Bonchev–Trinajstić information content (AvgIpc) is 3.39. The molecule has 1 saturated carbocycles. The molecule has 1 aliphatic heterocycles. The molecular weight excluding hydrogens is 340 g/mol. The Bertz CT molecular complexity index is 889. The first-order chi connectivity index (χ1) is 13.0. The van der Waals surface area contributed by atoms with Gasteiger partial charge in [0.2, 0.25) is 5.91 Å². The second-order valence-electron chi connectivity index (χ2n) is 7.64. The van der Waals surface area contributed by atoms with Gasteiger partial charge in [0.25, 0.3) is 0 Å². The molecule has 5 nitrogen and oxygen atoms in total. The van der Waals surface area contributed by atoms with Gasteiger partial charge in [-0.25, -0.2) is 4.79 Å². The maximum atomic E-state index is 12.0. The third-order valence-corrected chi connectivity index (χ3v) is 5.51. The Morgan fingerprint density at radius 3 is 2.63 bits per heavy atom. The number of amides is 1. The molecule has 2 aliphatic rings. The molecule has 0 radical (unpaired) electrons. The number of rotatable bonds is 5. The van der Waals surface area contributed by atoms with E-state index >= 15 is 0 Å². The number of carbonyl (C=O) groups is 2. The minimum Gasteiger partial charge on any atom is -0.478 e. The molecule has 4 rings (SSSR count). The van der Waals surface area contributed by atoms with Gasteiger partial charge in [0.05, 0.1) is 11.3 Å². The van der Waals surface area contributed by atoms with E-state index in [2.05, 4.69) is 41.4 Å². The summed E-state index contributed by atoms with van der Waals surface area (Å²) in [5.74, 6) is -0.601. The Balaban J connectivity index is 1.52. The van der Waals surface area contributed by atoms with Crippen LogP contribution in [0.1, 0.15) is 46.7 Å². The third kappa shape index (κ3) is 3.82. The van der Waals surface area contributed by atoms with Crippen LogP contribution in [0.4, 0.5) is 11.4 Å². The summed E-state index contributed by atoms with van der Waals surface area (Å²) < 4.78 is 0. The van der Waals surface area contributed by atoms with Crippen LogP contribution in [0, 0.1) is 12.8 Å². The monoisotopic (exact) mass is 364 g/mol. The van der Waals surface area contributed by atoms with Crippen LogP contribution < -0.4 is 10.2 Å². The van der Waals surface area contributed by atoms with Crippen LogP contribution in [0.3, 0.4) is 0 Å². The molecule has 2 aromatic carbocycles. The number of nitrogens with zero attached hydrogens (tertiary/aromatic N) is 1. The SMILES string of the molecule is Cc1cccc(C2CCN(c3ccc(NC(=O)C4CC4)c(C(=O)O)c3)C2)c1. The minimum atomic E-state index is -1.02. The lowest BCUT2D eigenvalue weighted by atomic mass is 9.97. The Kier molecular flexibility index (Phi) is 4.60. The van der Waals surface area contributed by atoms with E-state index in [0.29, 0.717) is 11.6 Å². The van der Waals surface area contributed by atoms with Crippen LogP contribution in [0.15, 0.2) is 42.5 Å². The van der Waals surface area contributed by atoms with E-state index in [-0.39, 0.29) is 17.4 Å². The Labute approximate surface area is 159 Å². The van der Waals surface area contributed by atoms with Crippen molar-refractivity contribution in [1.82, 2.24) is 0 Å². The summed E-state index contributed by atoms with van der Waals surface area (Å²) in [6.45, 7) is 3.87. The van der Waals surface area contributed by atoms with Gasteiger partial charge in [-0.1, -0.05) is 29.8 Å². The number of carboxylic acids is 1. The van der Waals surface area contributed by atoms with Crippen LogP contribution >= 0.6 is 0 Å². The van der Waals surface area contributed by atoms with Crippen molar-refractivity contribution in [2.75, 3.05) is 23.3 Å². The highest BCUT2D eigenvalue weighted by molar-refractivity contribution is 6.02. The van der Waals surface area contributed by atoms with Crippen molar-refractivity contribution in [3.63, 3.8) is 0 Å². The van der Waals surface area contributed by atoms with Gasteiger partial charge in [0.1, 0.15) is 0 Å². The molecule has 1 saturated heterocycles. The first-order valence-corrected chi connectivity index (χ1v) is 9.51. The van der Waals surface area contributed by atoms with Gasteiger partial charge < -0.3 is 15.3 Å². The van der Waals surface area contributed by atoms with Gasteiger partial charge in [0.15, 0.2) is 0 Å². The number of carbonyl (C=O) groups excluding carboxylic acids is 1. The summed E-state index contributed by atoms with van der Waals surface area (Å²) in [5, 5.41) is 12.4. The molecule has 2 fully saturated rings. The molecule has 1 aliphatic carbocycles. The summed E-state index contributed by atoms with van der Waals surface area (Å²) >= 11 is 0. The molecule has 0 bridgehead atoms. The van der Waals surface area contributed by atoms with Gasteiger partial charge in [-0.2, -0.15) is 0 Å².